The van der Waals surface area contributed by atoms with Crippen molar-refractivity contribution in [3.05, 3.63) is 105 Å². The Bertz CT molecular complexity index is 1800. The molecule has 1 saturated heterocycles. The molecule has 0 N–H and O–H groups in total. The molecule has 6 nitrogen and oxygen atoms in total. The van der Waals surface area contributed by atoms with Crippen molar-refractivity contribution in [2.45, 2.75) is 42.5 Å². The van der Waals surface area contributed by atoms with E-state index in [1.54, 1.807) is 18.4 Å². The number of fused-ring (bicyclic) bond motifs is 3. The van der Waals surface area contributed by atoms with Crippen molar-refractivity contribution in [1.29, 1.82) is 5.26 Å². The van der Waals surface area contributed by atoms with E-state index in [0.717, 1.165) is 53.7 Å². The third kappa shape index (κ3) is 6.62. The first-order valence-electron chi connectivity index (χ1n) is 15.3. The van der Waals surface area contributed by atoms with Crippen molar-refractivity contribution in [2.24, 2.45) is 0 Å². The summed E-state index contributed by atoms with van der Waals surface area (Å²) in [7, 11) is -1.02. The second kappa shape index (κ2) is 13.9. The lowest BCUT2D eigenvalue weighted by Crippen LogP contribution is -2.41. The number of amides is 1. The number of nitrogens with zero attached hydrogens (tertiary/aromatic N) is 3. The lowest BCUT2D eigenvalue weighted by molar-refractivity contribution is 0.0613. The highest BCUT2D eigenvalue weighted by Crippen LogP contribution is 2.39. The van der Waals surface area contributed by atoms with Crippen molar-refractivity contribution in [3.8, 4) is 11.8 Å². The molecule has 2 heterocycles. The average molecular weight is 661 g/mol. The van der Waals surface area contributed by atoms with Crippen LogP contribution < -0.4 is 4.74 Å². The van der Waals surface area contributed by atoms with Gasteiger partial charge in [0.1, 0.15) is 11.8 Å². The Morgan fingerprint density at radius 1 is 1.00 bits per heavy atom. The van der Waals surface area contributed by atoms with Crippen LogP contribution in [0.25, 0.3) is 10.8 Å². The molecule has 9 heteroatoms. The highest BCUT2D eigenvalue weighted by molar-refractivity contribution is 7.84. The fraction of sp³-hybridized carbons (Fsp3) is 0.333. The Balaban J connectivity index is 1.29. The van der Waals surface area contributed by atoms with Gasteiger partial charge in [-0.15, -0.1) is 0 Å². The Morgan fingerprint density at radius 2 is 1.76 bits per heavy atom. The summed E-state index contributed by atoms with van der Waals surface area (Å²) in [6.45, 7) is 3.54. The molecule has 0 bridgehead atoms. The third-order valence-corrected chi connectivity index (χ3v) is 10.8. The summed E-state index contributed by atoms with van der Waals surface area (Å²) >= 11 is 12.8. The Labute approximate surface area is 276 Å². The van der Waals surface area contributed by atoms with E-state index in [2.05, 4.69) is 17.0 Å². The number of likely N-dealkylation sites (tertiary alicyclic amines) is 1. The minimum absolute atomic E-state index is 0.156. The first-order chi connectivity index (χ1) is 21.9. The van der Waals surface area contributed by atoms with Crippen LogP contribution in [0.2, 0.25) is 10.0 Å². The van der Waals surface area contributed by atoms with Crippen LogP contribution in [0.5, 0.6) is 5.75 Å². The van der Waals surface area contributed by atoms with Crippen LogP contribution >= 0.6 is 23.2 Å². The highest BCUT2D eigenvalue weighted by Gasteiger charge is 2.33. The fourth-order valence-electron chi connectivity index (χ4n) is 6.80. The topological polar surface area (TPSA) is 73.6 Å². The van der Waals surface area contributed by atoms with Gasteiger partial charge in [0.25, 0.3) is 5.91 Å². The largest absolute Gasteiger partial charge is 0.491 e. The molecule has 2 atom stereocenters. The van der Waals surface area contributed by atoms with Gasteiger partial charge >= 0.3 is 0 Å². The van der Waals surface area contributed by atoms with E-state index in [9.17, 15) is 14.3 Å². The zero-order chi connectivity index (χ0) is 31.5. The normalized spacial score (nSPS) is 17.6. The summed E-state index contributed by atoms with van der Waals surface area (Å²) in [5, 5.41) is 12.5. The molecule has 0 radical (unpaired) electrons. The van der Waals surface area contributed by atoms with Crippen molar-refractivity contribution in [3.63, 3.8) is 0 Å². The lowest BCUT2D eigenvalue weighted by Gasteiger charge is -2.37. The van der Waals surface area contributed by atoms with Crippen molar-refractivity contribution in [2.75, 3.05) is 39.0 Å². The number of benzene rings is 4. The van der Waals surface area contributed by atoms with E-state index in [-0.39, 0.29) is 11.9 Å². The van der Waals surface area contributed by atoms with E-state index in [1.165, 1.54) is 5.56 Å². The molecular weight excluding hydrogens is 625 g/mol. The summed E-state index contributed by atoms with van der Waals surface area (Å²) in [4.78, 5) is 19.9. The Morgan fingerprint density at radius 3 is 2.51 bits per heavy atom. The lowest BCUT2D eigenvalue weighted by atomic mass is 9.89. The van der Waals surface area contributed by atoms with Gasteiger partial charge in [-0.05, 0) is 90.9 Å². The van der Waals surface area contributed by atoms with Gasteiger partial charge in [-0.2, -0.15) is 5.26 Å². The summed E-state index contributed by atoms with van der Waals surface area (Å²) in [6.07, 6.45) is 5.06. The molecule has 0 aliphatic carbocycles. The second-order valence-corrected chi connectivity index (χ2v) is 13.9. The number of carbonyl (C=O) groups excluding carboxylic acids is 1. The molecule has 4 aromatic rings. The maximum atomic E-state index is 14.6. The summed E-state index contributed by atoms with van der Waals surface area (Å²) < 4.78 is 18.5. The van der Waals surface area contributed by atoms with Crippen LogP contribution in [-0.2, 0) is 10.8 Å². The van der Waals surface area contributed by atoms with Crippen molar-refractivity contribution >= 4 is 50.7 Å². The molecule has 1 amide bonds. The van der Waals surface area contributed by atoms with E-state index in [0.29, 0.717) is 58.8 Å². The molecule has 1 fully saturated rings. The molecule has 0 saturated carbocycles. The maximum Gasteiger partial charge on any atom is 0.258 e. The van der Waals surface area contributed by atoms with Crippen LogP contribution in [0.4, 0.5) is 0 Å². The number of halogens is 2. The molecule has 6 rings (SSSR count). The Kier molecular flexibility index (Phi) is 9.77. The molecule has 0 aromatic heterocycles. The monoisotopic (exact) mass is 659 g/mol. The minimum Gasteiger partial charge on any atom is -0.491 e. The van der Waals surface area contributed by atoms with Gasteiger partial charge in [0.2, 0.25) is 0 Å². The van der Waals surface area contributed by atoms with Gasteiger partial charge in [-0.25, -0.2) is 0 Å². The van der Waals surface area contributed by atoms with Gasteiger partial charge < -0.3 is 14.5 Å². The quantitative estimate of drug-likeness (QED) is 0.201. The first-order valence-corrected chi connectivity index (χ1v) is 17.7. The number of rotatable bonds is 7. The number of hydrogen-bond acceptors (Lipinski definition) is 5. The van der Waals surface area contributed by atoms with Crippen molar-refractivity contribution in [1.82, 2.24) is 9.80 Å². The minimum atomic E-state index is -1.02. The van der Waals surface area contributed by atoms with E-state index < -0.39 is 10.8 Å². The molecule has 4 aromatic carbocycles. The third-order valence-electron chi connectivity index (χ3n) is 9.07. The van der Waals surface area contributed by atoms with E-state index >= 15 is 0 Å². The zero-order valence-corrected chi connectivity index (χ0v) is 27.5. The average Bonchev–Trinajstić information content (AvgIpc) is 3.05. The standard InChI is InChI=1S/C36H35Cl2N3O3S/c1-45(43)33-10-5-4-8-28(33)24-13-17-40(18-14-24)19-15-32(26-11-12-30(37)31(38)22-26)41-16-6-20-44-35-27(23-39)21-25-7-2-3-9-29(25)34(35)36(41)42/h2-5,7-12,21-22,24,32H,6,13-20H2,1H3/t32-,45?/m0/s1. The van der Waals surface area contributed by atoms with Crippen LogP contribution in [0.15, 0.2) is 77.7 Å². The van der Waals surface area contributed by atoms with Crippen LogP contribution in [0, 0.1) is 11.3 Å². The number of piperidine rings is 1. The molecule has 0 spiro atoms. The summed E-state index contributed by atoms with van der Waals surface area (Å²) in [5.41, 5.74) is 2.92. The predicted octanol–water partition coefficient (Wildman–Crippen LogP) is 7.99. The van der Waals surface area contributed by atoms with Gasteiger partial charge in [0.15, 0.2) is 0 Å². The summed E-state index contributed by atoms with van der Waals surface area (Å²) in [5.74, 6) is 0.577. The summed E-state index contributed by atoms with van der Waals surface area (Å²) in [6, 6.07) is 25.1. The van der Waals surface area contributed by atoms with Gasteiger partial charge in [-0.3, -0.25) is 9.00 Å². The van der Waals surface area contributed by atoms with E-state index in [1.807, 2.05) is 59.5 Å². The first kappa shape index (κ1) is 31.6. The number of hydrogen-bond donors (Lipinski definition) is 0. The zero-order valence-electron chi connectivity index (χ0n) is 25.2. The number of carbonyl (C=O) groups is 1. The van der Waals surface area contributed by atoms with Gasteiger partial charge in [0.05, 0.1) is 44.6 Å². The highest BCUT2D eigenvalue weighted by atomic mass is 35.5. The smallest absolute Gasteiger partial charge is 0.258 e. The molecule has 45 heavy (non-hydrogen) atoms. The molecule has 232 valence electrons. The Hall–Kier alpha value is -3.41. The van der Waals surface area contributed by atoms with Crippen LogP contribution in [-0.4, -0.2) is 59.0 Å². The second-order valence-electron chi connectivity index (χ2n) is 11.7. The molecule has 1 unspecified atom stereocenters. The molecular formula is C36H35Cl2N3O3S. The number of nitriles is 1. The van der Waals surface area contributed by atoms with Gasteiger partial charge in [0, 0.05) is 24.2 Å². The molecule has 2 aliphatic rings. The van der Waals surface area contributed by atoms with Crippen molar-refractivity contribution < 1.29 is 13.7 Å². The number of ether oxygens (including phenoxy) is 1. The van der Waals surface area contributed by atoms with E-state index in [4.69, 9.17) is 27.9 Å². The predicted molar refractivity (Wildman–Crippen MR) is 181 cm³/mol. The SMILES string of the molecule is CS(=O)c1ccccc1C1CCN(CC[C@@H](c2ccc(Cl)c(Cl)c2)N2CCCOc3c(C#N)cc4ccccc4c3C2=O)CC1. The van der Waals surface area contributed by atoms with Crippen LogP contribution in [0.3, 0.4) is 0 Å². The maximum absolute atomic E-state index is 14.6. The van der Waals surface area contributed by atoms with Crippen LogP contribution in [0.1, 0.15) is 64.7 Å². The fourth-order valence-corrected chi connectivity index (χ4v) is 7.94. The van der Waals surface area contributed by atoms with Gasteiger partial charge in [-0.1, -0.05) is 71.7 Å². The molecule has 2 aliphatic heterocycles.